The highest BCUT2D eigenvalue weighted by atomic mass is 32.1. The Hall–Kier alpha value is -1.76. The Balaban J connectivity index is 1.57. The lowest BCUT2D eigenvalue weighted by molar-refractivity contribution is -0.132. The van der Waals surface area contributed by atoms with Crippen molar-refractivity contribution in [2.24, 2.45) is 5.73 Å². The summed E-state index contributed by atoms with van der Waals surface area (Å²) in [5.41, 5.74) is 8.17. The molecule has 1 aromatic carbocycles. The van der Waals surface area contributed by atoms with E-state index in [-0.39, 0.29) is 5.91 Å². The number of carbonyl (C=O) groups excluding carboxylic acids is 1. The molecule has 2 heterocycles. The molecule has 1 aromatic heterocycles. The van der Waals surface area contributed by atoms with Crippen molar-refractivity contribution >= 4 is 17.2 Å². The molecule has 3 rings (SSSR count). The molecule has 0 aliphatic carbocycles. The Bertz CT molecular complexity index is 673. The zero-order valence-electron chi connectivity index (χ0n) is 14.0. The fourth-order valence-electron chi connectivity index (χ4n) is 3.06. The zero-order chi connectivity index (χ0) is 16.9. The molecule has 1 aliphatic heterocycles. The summed E-state index contributed by atoms with van der Waals surface area (Å²) in [5, 5.41) is 3.22. The van der Waals surface area contributed by atoms with E-state index in [2.05, 4.69) is 15.3 Å². The molecular formula is C18H24N4OS. The Morgan fingerprint density at radius 2 is 2.04 bits per heavy atom. The molecule has 0 saturated carbocycles. The van der Waals surface area contributed by atoms with E-state index in [1.54, 1.807) is 11.3 Å². The van der Waals surface area contributed by atoms with E-state index in [1.165, 1.54) is 0 Å². The largest absolute Gasteiger partial charge is 0.340 e. The number of nitrogens with zero attached hydrogens (tertiary/aromatic N) is 3. The summed E-state index contributed by atoms with van der Waals surface area (Å²) in [6, 6.07) is 9.03. The van der Waals surface area contributed by atoms with E-state index in [0.717, 1.165) is 55.4 Å². The molecule has 0 bridgehead atoms. The van der Waals surface area contributed by atoms with Crippen LogP contribution >= 0.6 is 11.3 Å². The van der Waals surface area contributed by atoms with Crippen LogP contribution in [-0.2, 0) is 11.3 Å². The maximum atomic E-state index is 12.7. The number of nitrogens with two attached hydrogens (primary N) is 1. The van der Waals surface area contributed by atoms with Crippen molar-refractivity contribution < 1.29 is 4.79 Å². The molecular weight excluding hydrogens is 320 g/mol. The predicted molar refractivity (Wildman–Crippen MR) is 96.7 cm³/mol. The topological polar surface area (TPSA) is 62.5 Å². The number of rotatable bonds is 4. The predicted octanol–water partition coefficient (Wildman–Crippen LogP) is 2.19. The molecule has 1 atom stereocenters. The zero-order valence-corrected chi connectivity index (χ0v) is 14.8. The number of aromatic nitrogens is 1. The van der Waals surface area contributed by atoms with Crippen LogP contribution in [0.1, 0.15) is 28.7 Å². The van der Waals surface area contributed by atoms with Gasteiger partial charge in [0.1, 0.15) is 6.04 Å². The molecule has 0 unspecified atom stereocenters. The van der Waals surface area contributed by atoms with Crippen molar-refractivity contribution in [3.05, 3.63) is 52.0 Å². The Morgan fingerprint density at radius 3 is 2.75 bits per heavy atom. The normalized spacial score (nSPS) is 17.5. The van der Waals surface area contributed by atoms with Gasteiger partial charge in [0, 0.05) is 38.1 Å². The number of hydrogen-bond donors (Lipinski definition) is 1. The van der Waals surface area contributed by atoms with Gasteiger partial charge in [-0.25, -0.2) is 4.98 Å². The summed E-state index contributed by atoms with van der Waals surface area (Å²) in [5.74, 6) is 0.0209. The third-order valence-electron chi connectivity index (χ3n) is 4.38. The van der Waals surface area contributed by atoms with Gasteiger partial charge in [-0.1, -0.05) is 30.3 Å². The minimum Gasteiger partial charge on any atom is -0.340 e. The average molecular weight is 344 g/mol. The highest BCUT2D eigenvalue weighted by Gasteiger charge is 2.24. The van der Waals surface area contributed by atoms with Crippen LogP contribution in [0.3, 0.4) is 0 Å². The highest BCUT2D eigenvalue weighted by molar-refractivity contribution is 7.09. The van der Waals surface area contributed by atoms with Gasteiger partial charge < -0.3 is 10.6 Å². The van der Waals surface area contributed by atoms with Crippen LogP contribution in [0, 0.1) is 6.92 Å². The first-order chi connectivity index (χ1) is 11.6. The molecule has 2 aromatic rings. The number of aryl methyl sites for hydroxylation is 1. The van der Waals surface area contributed by atoms with Crippen LogP contribution < -0.4 is 5.73 Å². The molecule has 6 heteroatoms. The molecule has 5 nitrogen and oxygen atoms in total. The van der Waals surface area contributed by atoms with Gasteiger partial charge in [-0.15, -0.1) is 11.3 Å². The van der Waals surface area contributed by atoms with E-state index < -0.39 is 6.04 Å². The Kier molecular flexibility index (Phi) is 5.60. The highest BCUT2D eigenvalue weighted by Crippen LogP contribution is 2.16. The van der Waals surface area contributed by atoms with Crippen LogP contribution in [-0.4, -0.2) is 46.9 Å². The smallest absolute Gasteiger partial charge is 0.244 e. The van der Waals surface area contributed by atoms with Crippen LogP contribution in [0.4, 0.5) is 0 Å². The van der Waals surface area contributed by atoms with E-state index in [9.17, 15) is 4.79 Å². The first kappa shape index (κ1) is 17.1. The second-order valence-corrected chi connectivity index (χ2v) is 7.26. The average Bonchev–Trinajstić information content (AvgIpc) is 2.87. The molecule has 24 heavy (non-hydrogen) atoms. The van der Waals surface area contributed by atoms with Gasteiger partial charge in [0.2, 0.25) is 5.91 Å². The SMILES string of the molecule is Cc1nc(CN2CCCN(C(=O)[C@H](N)c3ccccc3)CC2)cs1. The van der Waals surface area contributed by atoms with Crippen LogP contribution in [0.15, 0.2) is 35.7 Å². The van der Waals surface area contributed by atoms with Gasteiger partial charge >= 0.3 is 0 Å². The van der Waals surface area contributed by atoms with Crippen molar-refractivity contribution in [2.75, 3.05) is 26.2 Å². The summed E-state index contributed by atoms with van der Waals surface area (Å²) >= 11 is 1.69. The number of amides is 1. The first-order valence-electron chi connectivity index (χ1n) is 8.36. The van der Waals surface area contributed by atoms with Gasteiger partial charge in [0.05, 0.1) is 10.7 Å². The summed E-state index contributed by atoms with van der Waals surface area (Å²) in [6.07, 6.45) is 0.969. The summed E-state index contributed by atoms with van der Waals surface area (Å²) in [7, 11) is 0. The van der Waals surface area contributed by atoms with Gasteiger partial charge in [-0.05, 0) is 18.9 Å². The molecule has 128 valence electrons. The minimum absolute atomic E-state index is 0.0209. The number of carbonyl (C=O) groups is 1. The lowest BCUT2D eigenvalue weighted by Crippen LogP contribution is -2.40. The third-order valence-corrected chi connectivity index (χ3v) is 5.20. The molecule has 1 saturated heterocycles. The summed E-state index contributed by atoms with van der Waals surface area (Å²) in [6.45, 7) is 6.23. The van der Waals surface area contributed by atoms with Crippen molar-refractivity contribution in [1.29, 1.82) is 0 Å². The van der Waals surface area contributed by atoms with E-state index in [4.69, 9.17) is 5.73 Å². The summed E-state index contributed by atoms with van der Waals surface area (Å²) in [4.78, 5) is 21.5. The molecule has 2 N–H and O–H groups in total. The van der Waals surface area contributed by atoms with E-state index >= 15 is 0 Å². The minimum atomic E-state index is -0.570. The third kappa shape index (κ3) is 4.20. The van der Waals surface area contributed by atoms with E-state index in [0.29, 0.717) is 0 Å². The maximum Gasteiger partial charge on any atom is 0.244 e. The van der Waals surface area contributed by atoms with Crippen LogP contribution in [0.25, 0.3) is 0 Å². The fraction of sp³-hybridized carbons (Fsp3) is 0.444. The number of benzene rings is 1. The summed E-state index contributed by atoms with van der Waals surface area (Å²) < 4.78 is 0. The lowest BCUT2D eigenvalue weighted by atomic mass is 10.1. The van der Waals surface area contributed by atoms with Crippen LogP contribution in [0.2, 0.25) is 0 Å². The molecule has 1 amide bonds. The van der Waals surface area contributed by atoms with Crippen molar-refractivity contribution in [3.63, 3.8) is 0 Å². The molecule has 1 aliphatic rings. The first-order valence-corrected chi connectivity index (χ1v) is 9.24. The quantitative estimate of drug-likeness (QED) is 0.923. The van der Waals surface area contributed by atoms with Crippen molar-refractivity contribution in [1.82, 2.24) is 14.8 Å². The Morgan fingerprint density at radius 1 is 1.25 bits per heavy atom. The maximum absolute atomic E-state index is 12.7. The molecule has 0 spiro atoms. The lowest BCUT2D eigenvalue weighted by Gasteiger charge is -2.24. The second-order valence-electron chi connectivity index (χ2n) is 6.20. The van der Waals surface area contributed by atoms with Gasteiger partial charge in [-0.3, -0.25) is 9.69 Å². The molecule has 1 fully saturated rings. The van der Waals surface area contributed by atoms with Crippen molar-refractivity contribution in [2.45, 2.75) is 25.9 Å². The van der Waals surface area contributed by atoms with Gasteiger partial charge in [-0.2, -0.15) is 0 Å². The van der Waals surface area contributed by atoms with Gasteiger partial charge in [0.15, 0.2) is 0 Å². The molecule has 0 radical (unpaired) electrons. The van der Waals surface area contributed by atoms with Crippen LogP contribution in [0.5, 0.6) is 0 Å². The number of thiazole rings is 1. The Labute approximate surface area is 147 Å². The number of hydrogen-bond acceptors (Lipinski definition) is 5. The van der Waals surface area contributed by atoms with Gasteiger partial charge in [0.25, 0.3) is 0 Å². The van der Waals surface area contributed by atoms with E-state index in [1.807, 2.05) is 42.2 Å². The van der Waals surface area contributed by atoms with Crippen molar-refractivity contribution in [3.8, 4) is 0 Å². The standard InChI is InChI=1S/C18H24N4OS/c1-14-20-16(13-24-14)12-21-8-5-9-22(11-10-21)18(23)17(19)15-6-3-2-4-7-15/h2-4,6-7,13,17H,5,8-12,19H2,1H3/t17-/m1/s1. The second kappa shape index (κ2) is 7.88. The monoisotopic (exact) mass is 344 g/mol. The fourth-order valence-corrected chi connectivity index (χ4v) is 3.66.